The van der Waals surface area contributed by atoms with Crippen LogP contribution in [-0.2, 0) is 4.74 Å². The summed E-state index contributed by atoms with van der Waals surface area (Å²) in [7, 11) is 3.76. The molecule has 1 aliphatic heterocycles. The van der Waals surface area contributed by atoms with Crippen molar-refractivity contribution < 1.29 is 4.74 Å². The number of piperidine rings is 1. The molecule has 1 fully saturated rings. The molecule has 0 amide bonds. The molecule has 0 aromatic carbocycles. The summed E-state index contributed by atoms with van der Waals surface area (Å²) in [6.07, 6.45) is 2.38. The van der Waals surface area contributed by atoms with Gasteiger partial charge in [-0.3, -0.25) is 0 Å². The van der Waals surface area contributed by atoms with E-state index >= 15 is 0 Å². The number of hydrogen-bond acceptors (Lipinski definition) is 3. The topological polar surface area (TPSA) is 33.3 Å². The number of nitrogens with one attached hydrogen (secondary N) is 2. The first kappa shape index (κ1) is 8.97. The van der Waals surface area contributed by atoms with Gasteiger partial charge in [-0.1, -0.05) is 0 Å². The SMILES string of the molecule is CNCC1(OC)CCCNC1. The number of ether oxygens (including phenoxy) is 1. The third-order valence-electron chi connectivity index (χ3n) is 2.37. The zero-order chi connectivity index (χ0) is 8.16. The Morgan fingerprint density at radius 1 is 1.64 bits per heavy atom. The van der Waals surface area contributed by atoms with Gasteiger partial charge in [0, 0.05) is 20.2 Å². The molecule has 0 bridgehead atoms. The van der Waals surface area contributed by atoms with Gasteiger partial charge in [0.25, 0.3) is 0 Å². The monoisotopic (exact) mass is 158 g/mol. The lowest BCUT2D eigenvalue weighted by atomic mass is 9.94. The van der Waals surface area contributed by atoms with E-state index in [4.69, 9.17) is 4.74 Å². The standard InChI is InChI=1S/C8H18N2O/c1-9-6-8(11-2)4-3-5-10-7-8/h9-10H,3-7H2,1-2H3. The molecule has 0 aliphatic carbocycles. The van der Waals surface area contributed by atoms with E-state index in [2.05, 4.69) is 10.6 Å². The maximum atomic E-state index is 5.49. The molecule has 1 rings (SSSR count). The van der Waals surface area contributed by atoms with Gasteiger partial charge >= 0.3 is 0 Å². The summed E-state index contributed by atoms with van der Waals surface area (Å²) in [6, 6.07) is 0. The molecule has 1 atom stereocenters. The summed E-state index contributed by atoms with van der Waals surface area (Å²) in [5.41, 5.74) is 0.0486. The van der Waals surface area contributed by atoms with Gasteiger partial charge in [-0.2, -0.15) is 0 Å². The van der Waals surface area contributed by atoms with Crippen LogP contribution >= 0.6 is 0 Å². The zero-order valence-electron chi connectivity index (χ0n) is 7.44. The Morgan fingerprint density at radius 3 is 2.91 bits per heavy atom. The minimum Gasteiger partial charge on any atom is -0.376 e. The maximum Gasteiger partial charge on any atom is 0.0926 e. The van der Waals surface area contributed by atoms with E-state index in [0.29, 0.717) is 0 Å². The summed E-state index contributed by atoms with van der Waals surface area (Å²) < 4.78 is 5.49. The molecule has 1 unspecified atom stereocenters. The predicted octanol–water partition coefficient (Wildman–Crippen LogP) is -0.0256. The second-order valence-electron chi connectivity index (χ2n) is 3.20. The lowest BCUT2D eigenvalue weighted by Gasteiger charge is -2.36. The fourth-order valence-electron chi connectivity index (χ4n) is 1.66. The third kappa shape index (κ3) is 2.15. The van der Waals surface area contributed by atoms with Gasteiger partial charge in [-0.05, 0) is 26.4 Å². The molecule has 0 spiro atoms. The Balaban J connectivity index is 2.42. The van der Waals surface area contributed by atoms with E-state index in [0.717, 1.165) is 26.1 Å². The van der Waals surface area contributed by atoms with Crippen LogP contribution in [0.2, 0.25) is 0 Å². The summed E-state index contributed by atoms with van der Waals surface area (Å²) >= 11 is 0. The molecule has 11 heavy (non-hydrogen) atoms. The Kier molecular flexibility index (Phi) is 3.30. The average Bonchev–Trinajstić information content (AvgIpc) is 2.07. The molecular weight excluding hydrogens is 140 g/mol. The quantitative estimate of drug-likeness (QED) is 0.605. The van der Waals surface area contributed by atoms with E-state index in [1.165, 1.54) is 6.42 Å². The highest BCUT2D eigenvalue weighted by Crippen LogP contribution is 2.18. The number of likely N-dealkylation sites (N-methyl/N-ethyl adjacent to an activating group) is 1. The van der Waals surface area contributed by atoms with Crippen LogP contribution in [0.4, 0.5) is 0 Å². The summed E-state index contributed by atoms with van der Waals surface area (Å²) in [5.74, 6) is 0. The first-order valence-electron chi connectivity index (χ1n) is 4.23. The molecule has 0 saturated carbocycles. The number of methoxy groups -OCH3 is 1. The summed E-state index contributed by atoms with van der Waals surface area (Å²) in [6.45, 7) is 3.05. The fraction of sp³-hybridized carbons (Fsp3) is 1.00. The largest absolute Gasteiger partial charge is 0.376 e. The molecule has 0 aromatic heterocycles. The van der Waals surface area contributed by atoms with Gasteiger partial charge in [-0.15, -0.1) is 0 Å². The van der Waals surface area contributed by atoms with Crippen molar-refractivity contribution in [3.63, 3.8) is 0 Å². The minimum absolute atomic E-state index is 0.0486. The first-order valence-corrected chi connectivity index (χ1v) is 4.23. The van der Waals surface area contributed by atoms with E-state index in [-0.39, 0.29) is 5.60 Å². The van der Waals surface area contributed by atoms with Gasteiger partial charge in [0.05, 0.1) is 5.60 Å². The Labute approximate surface area is 68.5 Å². The van der Waals surface area contributed by atoms with Crippen molar-refractivity contribution in [1.29, 1.82) is 0 Å². The maximum absolute atomic E-state index is 5.49. The molecule has 1 saturated heterocycles. The Bertz CT molecular complexity index is 105. The Morgan fingerprint density at radius 2 is 2.45 bits per heavy atom. The molecule has 2 N–H and O–H groups in total. The average molecular weight is 158 g/mol. The lowest BCUT2D eigenvalue weighted by Crippen LogP contribution is -2.52. The van der Waals surface area contributed by atoms with E-state index in [1.807, 2.05) is 7.05 Å². The van der Waals surface area contributed by atoms with Crippen LogP contribution in [0.15, 0.2) is 0 Å². The highest BCUT2D eigenvalue weighted by molar-refractivity contribution is 4.88. The predicted molar refractivity (Wildman–Crippen MR) is 45.8 cm³/mol. The summed E-state index contributed by atoms with van der Waals surface area (Å²) in [5, 5.41) is 6.51. The molecule has 3 nitrogen and oxygen atoms in total. The van der Waals surface area contributed by atoms with E-state index < -0.39 is 0 Å². The van der Waals surface area contributed by atoms with Gasteiger partial charge in [-0.25, -0.2) is 0 Å². The van der Waals surface area contributed by atoms with Crippen LogP contribution in [0.1, 0.15) is 12.8 Å². The van der Waals surface area contributed by atoms with Crippen molar-refractivity contribution in [2.45, 2.75) is 18.4 Å². The van der Waals surface area contributed by atoms with Crippen LogP contribution in [-0.4, -0.2) is 39.4 Å². The molecule has 3 heteroatoms. The summed E-state index contributed by atoms with van der Waals surface area (Å²) in [4.78, 5) is 0. The highest BCUT2D eigenvalue weighted by Gasteiger charge is 2.30. The smallest absolute Gasteiger partial charge is 0.0926 e. The minimum atomic E-state index is 0.0486. The molecular formula is C8H18N2O. The van der Waals surface area contributed by atoms with Crippen molar-refractivity contribution in [3.05, 3.63) is 0 Å². The lowest BCUT2D eigenvalue weighted by molar-refractivity contribution is -0.0256. The first-order chi connectivity index (χ1) is 5.33. The second-order valence-corrected chi connectivity index (χ2v) is 3.20. The second kappa shape index (κ2) is 4.04. The Hall–Kier alpha value is -0.120. The fourth-order valence-corrected chi connectivity index (χ4v) is 1.66. The van der Waals surface area contributed by atoms with Crippen LogP contribution in [0.25, 0.3) is 0 Å². The van der Waals surface area contributed by atoms with Crippen molar-refractivity contribution in [3.8, 4) is 0 Å². The van der Waals surface area contributed by atoms with Crippen molar-refractivity contribution in [1.82, 2.24) is 10.6 Å². The van der Waals surface area contributed by atoms with Gasteiger partial charge in [0.2, 0.25) is 0 Å². The number of hydrogen-bond donors (Lipinski definition) is 2. The van der Waals surface area contributed by atoms with Crippen LogP contribution in [0, 0.1) is 0 Å². The van der Waals surface area contributed by atoms with Crippen LogP contribution < -0.4 is 10.6 Å². The number of rotatable bonds is 3. The van der Waals surface area contributed by atoms with Gasteiger partial charge < -0.3 is 15.4 Å². The van der Waals surface area contributed by atoms with Crippen molar-refractivity contribution in [2.24, 2.45) is 0 Å². The third-order valence-corrected chi connectivity index (χ3v) is 2.37. The van der Waals surface area contributed by atoms with Crippen molar-refractivity contribution in [2.75, 3.05) is 33.8 Å². The van der Waals surface area contributed by atoms with E-state index in [1.54, 1.807) is 7.11 Å². The molecule has 1 aliphatic rings. The zero-order valence-corrected chi connectivity index (χ0v) is 7.44. The van der Waals surface area contributed by atoms with Gasteiger partial charge in [0.1, 0.15) is 0 Å². The van der Waals surface area contributed by atoms with Crippen LogP contribution in [0.3, 0.4) is 0 Å². The molecule has 1 heterocycles. The highest BCUT2D eigenvalue weighted by atomic mass is 16.5. The van der Waals surface area contributed by atoms with Crippen molar-refractivity contribution >= 4 is 0 Å². The van der Waals surface area contributed by atoms with Crippen LogP contribution in [0.5, 0.6) is 0 Å². The normalized spacial score (nSPS) is 32.2. The molecule has 66 valence electrons. The molecule has 0 radical (unpaired) electrons. The van der Waals surface area contributed by atoms with Gasteiger partial charge in [0.15, 0.2) is 0 Å². The molecule has 0 aromatic rings. The van der Waals surface area contributed by atoms with E-state index in [9.17, 15) is 0 Å².